The fourth-order valence-corrected chi connectivity index (χ4v) is 8.31. The van der Waals surface area contributed by atoms with E-state index in [4.69, 9.17) is 17.3 Å². The molecule has 5 rings (SSSR count). The first kappa shape index (κ1) is 25.5. The molecule has 2 aromatic rings. The van der Waals surface area contributed by atoms with Gasteiger partial charge in [0.2, 0.25) is 10.7 Å². The predicted octanol–water partition coefficient (Wildman–Crippen LogP) is 1.39. The number of aliphatic hydroxyl groups excluding tert-OH is 1. The molecule has 0 unspecified atom stereocenters. The minimum Gasteiger partial charge on any atom is -0.393 e. The van der Waals surface area contributed by atoms with Crippen molar-refractivity contribution in [2.45, 2.75) is 57.2 Å². The zero-order valence-corrected chi connectivity index (χ0v) is 22.6. The fraction of sp³-hybridized carbons (Fsp3) is 0.500. The molecule has 4 N–H and O–H groups in total. The molecule has 2 saturated heterocycles. The maximum atomic E-state index is 12.6. The van der Waals surface area contributed by atoms with Gasteiger partial charge in [0.05, 0.1) is 18.1 Å². The highest BCUT2D eigenvalue weighted by Gasteiger charge is 2.59. The summed E-state index contributed by atoms with van der Waals surface area (Å²) in [5.41, 5.74) is 6.68. The van der Waals surface area contributed by atoms with Gasteiger partial charge in [-0.2, -0.15) is 4.40 Å². The number of amides is 2. The second kappa shape index (κ2) is 9.60. The quantitative estimate of drug-likeness (QED) is 0.259. The highest BCUT2D eigenvalue weighted by molar-refractivity contribution is 8.03. The van der Waals surface area contributed by atoms with Crippen molar-refractivity contribution < 1.29 is 24.1 Å². The van der Waals surface area contributed by atoms with Gasteiger partial charge in [-0.15, -0.1) is 11.8 Å². The summed E-state index contributed by atoms with van der Waals surface area (Å²) in [7, 11) is 0. The Labute approximate surface area is 222 Å². The van der Waals surface area contributed by atoms with Crippen molar-refractivity contribution in [1.29, 1.82) is 0 Å². The van der Waals surface area contributed by atoms with Gasteiger partial charge in [-0.1, -0.05) is 24.3 Å². The molecule has 0 aromatic carbocycles. The molecule has 2 aromatic heterocycles. The molecule has 0 aliphatic carbocycles. The van der Waals surface area contributed by atoms with Gasteiger partial charge in [0.25, 0.3) is 17.0 Å². The molecule has 0 radical (unpaired) electrons. The van der Waals surface area contributed by atoms with Crippen molar-refractivity contribution in [3.05, 3.63) is 39.8 Å². The Morgan fingerprint density at radius 2 is 2.22 bits per heavy atom. The van der Waals surface area contributed by atoms with Crippen molar-refractivity contribution in [2.75, 3.05) is 6.54 Å². The number of thioether (sulfide) groups is 1. The van der Waals surface area contributed by atoms with Crippen molar-refractivity contribution in [1.82, 2.24) is 14.6 Å². The van der Waals surface area contributed by atoms with Crippen LogP contribution in [-0.4, -0.2) is 61.4 Å². The molecule has 3 aliphatic heterocycles. The maximum Gasteiger partial charge on any atom is 0.269 e. The molecular weight excluding hydrogens is 522 g/mol. The molecule has 3 aliphatic rings. The monoisotopic (exact) mass is 550 g/mol. The Morgan fingerprint density at radius 3 is 2.89 bits per heavy atom. The van der Waals surface area contributed by atoms with Gasteiger partial charge in [0.15, 0.2) is 6.54 Å². The Balaban J connectivity index is 1.28. The summed E-state index contributed by atoms with van der Waals surface area (Å²) in [5, 5.41) is 15.3. The number of hydrogen-bond acceptors (Lipinski definition) is 7. The molecular formula is C24H29ClN5O4S2+. The Morgan fingerprint density at radius 1 is 1.47 bits per heavy atom. The second-order valence-corrected chi connectivity index (χ2v) is 12.3. The number of primary amides is 1. The van der Waals surface area contributed by atoms with E-state index in [1.807, 2.05) is 24.6 Å². The summed E-state index contributed by atoms with van der Waals surface area (Å²) in [6, 6.07) is -0.0618. The number of aliphatic hydroxyl groups is 1. The average molecular weight is 551 g/mol. The lowest BCUT2D eigenvalue weighted by atomic mass is 9.79. The summed E-state index contributed by atoms with van der Waals surface area (Å²) in [6.07, 6.45) is 6.25. The lowest BCUT2D eigenvalue weighted by Gasteiger charge is -2.46. The third-order valence-corrected chi connectivity index (χ3v) is 9.90. The van der Waals surface area contributed by atoms with E-state index in [0.29, 0.717) is 0 Å². The summed E-state index contributed by atoms with van der Waals surface area (Å²) in [5.74, 6) is -0.220. The highest BCUT2D eigenvalue weighted by atomic mass is 35.5. The van der Waals surface area contributed by atoms with Gasteiger partial charge in [0, 0.05) is 41.0 Å². The van der Waals surface area contributed by atoms with E-state index in [-0.39, 0.29) is 47.3 Å². The predicted molar refractivity (Wildman–Crippen MR) is 139 cm³/mol. The molecule has 2 fully saturated rings. The van der Waals surface area contributed by atoms with Crippen molar-refractivity contribution in [2.24, 2.45) is 17.6 Å². The number of nitrogens with two attached hydrogens (primary N) is 1. The number of aryl methyl sites for hydroxylation is 1. The first-order chi connectivity index (χ1) is 17.1. The van der Waals surface area contributed by atoms with Crippen LogP contribution in [0.4, 0.5) is 0 Å². The fourth-order valence-electron chi connectivity index (χ4n) is 5.61. The van der Waals surface area contributed by atoms with E-state index in [1.54, 1.807) is 30.0 Å². The summed E-state index contributed by atoms with van der Waals surface area (Å²) < 4.78 is 3.96. The first-order valence-corrected chi connectivity index (χ1v) is 14.0. The molecule has 2 amide bonds. The van der Waals surface area contributed by atoms with E-state index < -0.39 is 17.3 Å². The van der Waals surface area contributed by atoms with Crippen LogP contribution in [0.3, 0.4) is 0 Å². The summed E-state index contributed by atoms with van der Waals surface area (Å²) in [4.78, 5) is 39.6. The number of nitrogens with zero attached hydrogens (tertiary/aromatic N) is 3. The molecule has 12 heteroatoms. The van der Waals surface area contributed by atoms with E-state index in [1.165, 1.54) is 4.90 Å². The molecule has 0 spiro atoms. The minimum atomic E-state index is -0.766. The normalized spacial score (nSPS) is 28.9. The summed E-state index contributed by atoms with van der Waals surface area (Å²) in [6.45, 7) is 6.49. The number of imidazole rings is 1. The smallest absolute Gasteiger partial charge is 0.269 e. The number of carbonyl (C=O) groups excluding carboxylic acids is 3. The number of carbonyl (C=O) groups is 3. The Bertz CT molecular complexity index is 1320. The minimum absolute atomic E-state index is 0.0532. The Kier molecular flexibility index (Phi) is 6.80. The van der Waals surface area contributed by atoms with E-state index in [2.05, 4.69) is 27.2 Å². The van der Waals surface area contributed by atoms with E-state index >= 15 is 0 Å². The number of rotatable bonds is 8. The van der Waals surface area contributed by atoms with Crippen LogP contribution in [-0.2, 0) is 20.9 Å². The van der Waals surface area contributed by atoms with Gasteiger partial charge in [0.1, 0.15) is 17.6 Å². The molecule has 5 heterocycles. The van der Waals surface area contributed by atoms with Crippen LogP contribution in [0.25, 0.3) is 10.9 Å². The van der Waals surface area contributed by atoms with Crippen LogP contribution in [0.5, 0.6) is 0 Å². The molecule has 6 atom stereocenters. The van der Waals surface area contributed by atoms with Crippen LogP contribution in [0, 0.1) is 18.8 Å². The van der Waals surface area contributed by atoms with E-state index in [0.717, 1.165) is 34.2 Å². The van der Waals surface area contributed by atoms with Gasteiger partial charge in [-0.3, -0.25) is 14.4 Å². The number of fused-ring (bicyclic) bond motifs is 2. The number of hydrogen-bond donors (Lipinski definition) is 3. The molecule has 9 nitrogen and oxygen atoms in total. The van der Waals surface area contributed by atoms with Crippen LogP contribution >= 0.6 is 34.7 Å². The lowest BCUT2D eigenvalue weighted by molar-refractivity contribution is -0.688. The SMILES string of the molecule is Cc1n2c(/C=C/[C@@H]3C[C@H](SC4=C(C(=O)Cl)N5C(=O)[C@H]([C@@H](C)O)[C@H]5[C@H]4C)CN3)csc2c[n+]1CC(N)=O. The van der Waals surface area contributed by atoms with Crippen molar-refractivity contribution in [3.8, 4) is 0 Å². The molecule has 192 valence electrons. The lowest BCUT2D eigenvalue weighted by Crippen LogP contribution is -2.63. The molecule has 36 heavy (non-hydrogen) atoms. The van der Waals surface area contributed by atoms with E-state index in [9.17, 15) is 19.5 Å². The van der Waals surface area contributed by atoms with Crippen LogP contribution in [0.1, 0.15) is 31.8 Å². The number of β-lactam (4-membered cyclic amide) rings is 1. The van der Waals surface area contributed by atoms with Crippen LogP contribution in [0.15, 0.2) is 28.3 Å². The first-order valence-electron chi connectivity index (χ1n) is 11.9. The van der Waals surface area contributed by atoms with Crippen LogP contribution < -0.4 is 15.6 Å². The number of nitrogens with one attached hydrogen (secondary N) is 1. The number of allylic oxidation sites excluding steroid dienone is 1. The zero-order chi connectivity index (χ0) is 25.9. The average Bonchev–Trinajstić information content (AvgIpc) is 3.53. The molecule has 0 bridgehead atoms. The van der Waals surface area contributed by atoms with Crippen molar-refractivity contribution in [3.63, 3.8) is 0 Å². The maximum absolute atomic E-state index is 12.6. The number of aromatic nitrogens is 2. The number of halogens is 1. The topological polar surface area (TPSA) is 121 Å². The Hall–Kier alpha value is -2.18. The van der Waals surface area contributed by atoms with Gasteiger partial charge < -0.3 is 21.1 Å². The third-order valence-electron chi connectivity index (χ3n) is 7.32. The van der Waals surface area contributed by atoms with Gasteiger partial charge in [-0.05, 0) is 31.0 Å². The zero-order valence-electron chi connectivity index (χ0n) is 20.2. The second-order valence-electron chi connectivity index (χ2n) is 9.69. The van der Waals surface area contributed by atoms with Crippen molar-refractivity contribution >= 4 is 62.7 Å². The highest BCUT2D eigenvalue weighted by Crippen LogP contribution is 2.52. The molecule has 0 saturated carbocycles. The standard InChI is InChI=1S/C24H28ClN5O4S2/c1-11-20-19(12(2)31)24(34)30(20)21(23(25)33)22(11)36-16-6-14(27-7-16)4-5-15-10-35-18-9-28(8-17(26)32)13(3)29(15)18/h4-5,9-12,14,16,19-20,27,31H,6-8H2,1-3H3,(H-,26,32)/p+1/b5-4+/t11-,12-,14-,16+,19-,20-/m1/s1. The third kappa shape index (κ3) is 4.20. The van der Waals surface area contributed by atoms with Crippen LogP contribution in [0.2, 0.25) is 0 Å². The van der Waals surface area contributed by atoms with Gasteiger partial charge >= 0.3 is 0 Å². The summed E-state index contributed by atoms with van der Waals surface area (Å²) >= 11 is 9.14. The number of thiazole rings is 1. The van der Waals surface area contributed by atoms with Gasteiger partial charge in [-0.25, -0.2) is 4.57 Å². The largest absolute Gasteiger partial charge is 0.393 e.